The molecule has 1 N–H and O–H groups in total. The van der Waals surface area contributed by atoms with E-state index in [1.807, 2.05) is 22.8 Å². The number of thioether (sulfide) groups is 1. The Labute approximate surface area is 186 Å². The Kier molecular flexibility index (Phi) is 5.35. The zero-order valence-corrected chi connectivity index (χ0v) is 19.1. The highest BCUT2D eigenvalue weighted by molar-refractivity contribution is 8.01. The monoisotopic (exact) mass is 456 g/mol. The normalized spacial score (nSPS) is 17.1. The molecule has 8 nitrogen and oxygen atoms in total. The number of piperidine rings is 1. The van der Waals surface area contributed by atoms with Crippen LogP contribution in [0.25, 0.3) is 21.4 Å². The maximum Gasteiger partial charge on any atom is 0.329 e. The number of hydrogen-bond donors (Lipinski definition) is 1. The number of H-pyrrole nitrogens is 1. The molecule has 1 aliphatic heterocycles. The Bertz CT molecular complexity index is 1330. The van der Waals surface area contributed by atoms with Crippen molar-refractivity contribution >= 4 is 50.4 Å². The van der Waals surface area contributed by atoms with Crippen LogP contribution in [0.1, 0.15) is 19.8 Å². The van der Waals surface area contributed by atoms with Gasteiger partial charge in [0.25, 0.3) is 5.56 Å². The van der Waals surface area contributed by atoms with E-state index in [2.05, 4.69) is 22.9 Å². The maximum atomic E-state index is 12.7. The molecule has 0 amide bonds. The molecule has 1 aromatic carbocycles. The molecule has 0 radical (unpaired) electrons. The molecule has 3 aromatic heterocycles. The lowest BCUT2D eigenvalue weighted by molar-refractivity contribution is 0.438. The van der Waals surface area contributed by atoms with Gasteiger partial charge in [0.05, 0.1) is 10.2 Å². The summed E-state index contributed by atoms with van der Waals surface area (Å²) in [5, 5.41) is 0. The number of imidazole rings is 1. The zero-order chi connectivity index (χ0) is 21.5. The number of aryl methyl sites for hydroxylation is 2. The fraction of sp³-hybridized carbons (Fsp3) is 0.429. The number of thiazole rings is 1. The molecule has 0 aliphatic carbocycles. The average Bonchev–Trinajstić information content (AvgIpc) is 3.34. The molecular formula is C21H24N6O2S2. The van der Waals surface area contributed by atoms with Crippen molar-refractivity contribution in [2.75, 3.05) is 23.7 Å². The number of benzene rings is 1. The minimum absolute atomic E-state index is 0.383. The number of aromatic nitrogens is 5. The van der Waals surface area contributed by atoms with E-state index in [1.165, 1.54) is 15.7 Å². The van der Waals surface area contributed by atoms with Crippen LogP contribution in [0.5, 0.6) is 0 Å². The molecule has 1 aliphatic rings. The van der Waals surface area contributed by atoms with Gasteiger partial charge in [0.2, 0.25) is 5.95 Å². The van der Waals surface area contributed by atoms with E-state index < -0.39 is 5.69 Å². The summed E-state index contributed by atoms with van der Waals surface area (Å²) in [6.45, 7) is 4.66. The molecule has 10 heteroatoms. The Morgan fingerprint density at radius 3 is 2.90 bits per heavy atom. The summed E-state index contributed by atoms with van der Waals surface area (Å²) in [5.74, 6) is 2.10. The van der Waals surface area contributed by atoms with E-state index in [0.717, 1.165) is 41.1 Å². The van der Waals surface area contributed by atoms with Crippen LogP contribution in [0.2, 0.25) is 0 Å². The second-order valence-corrected chi connectivity index (χ2v) is 10.4. The average molecular weight is 457 g/mol. The lowest BCUT2D eigenvalue weighted by Crippen LogP contribution is -2.36. The van der Waals surface area contributed by atoms with Crippen molar-refractivity contribution < 1.29 is 0 Å². The van der Waals surface area contributed by atoms with E-state index in [9.17, 15) is 9.59 Å². The molecule has 31 heavy (non-hydrogen) atoms. The van der Waals surface area contributed by atoms with Gasteiger partial charge in [-0.2, -0.15) is 4.98 Å². The van der Waals surface area contributed by atoms with Crippen LogP contribution >= 0.6 is 23.1 Å². The largest absolute Gasteiger partial charge is 0.342 e. The third-order valence-corrected chi connectivity index (χ3v) is 7.90. The van der Waals surface area contributed by atoms with Crippen LogP contribution < -0.4 is 16.1 Å². The molecule has 0 spiro atoms. The molecule has 0 unspecified atom stereocenters. The highest BCUT2D eigenvalue weighted by Crippen LogP contribution is 2.30. The van der Waals surface area contributed by atoms with Crippen LogP contribution in [-0.2, 0) is 13.6 Å². The van der Waals surface area contributed by atoms with Crippen molar-refractivity contribution in [1.82, 2.24) is 24.1 Å². The summed E-state index contributed by atoms with van der Waals surface area (Å²) < 4.78 is 5.59. The molecule has 1 atom stereocenters. The molecule has 4 aromatic rings. The first-order valence-corrected chi connectivity index (χ1v) is 12.2. The molecule has 0 bridgehead atoms. The van der Waals surface area contributed by atoms with Gasteiger partial charge in [-0.3, -0.25) is 14.3 Å². The highest BCUT2D eigenvalue weighted by atomic mass is 32.2. The van der Waals surface area contributed by atoms with Gasteiger partial charge < -0.3 is 9.47 Å². The lowest BCUT2D eigenvalue weighted by atomic mass is 10.0. The first kappa shape index (κ1) is 20.3. The van der Waals surface area contributed by atoms with Gasteiger partial charge in [-0.05, 0) is 30.9 Å². The number of nitrogens with zero attached hydrogens (tertiary/aromatic N) is 5. The lowest BCUT2D eigenvalue weighted by Gasteiger charge is -2.32. The summed E-state index contributed by atoms with van der Waals surface area (Å²) in [5.41, 5.74) is 1.08. The van der Waals surface area contributed by atoms with Gasteiger partial charge >= 0.3 is 5.69 Å². The van der Waals surface area contributed by atoms with E-state index in [0.29, 0.717) is 23.6 Å². The van der Waals surface area contributed by atoms with Crippen molar-refractivity contribution in [2.24, 2.45) is 13.0 Å². The summed E-state index contributed by atoms with van der Waals surface area (Å²) >= 11 is 3.36. The van der Waals surface area contributed by atoms with Gasteiger partial charge in [-0.1, -0.05) is 30.8 Å². The van der Waals surface area contributed by atoms with Crippen LogP contribution in [0.3, 0.4) is 0 Å². The van der Waals surface area contributed by atoms with Crippen molar-refractivity contribution in [1.29, 1.82) is 0 Å². The van der Waals surface area contributed by atoms with Gasteiger partial charge in [-0.15, -0.1) is 11.3 Å². The smallest absolute Gasteiger partial charge is 0.329 e. The number of anilines is 1. The summed E-state index contributed by atoms with van der Waals surface area (Å²) in [4.78, 5) is 39.0. The topological polar surface area (TPSA) is 88.8 Å². The van der Waals surface area contributed by atoms with E-state index in [-0.39, 0.29) is 5.56 Å². The van der Waals surface area contributed by atoms with E-state index in [4.69, 9.17) is 9.97 Å². The minimum Gasteiger partial charge on any atom is -0.342 e. The molecule has 1 fully saturated rings. The van der Waals surface area contributed by atoms with E-state index in [1.54, 1.807) is 30.1 Å². The van der Waals surface area contributed by atoms with Crippen LogP contribution in [-0.4, -0.2) is 42.9 Å². The second-order valence-electron chi connectivity index (χ2n) is 8.04. The summed E-state index contributed by atoms with van der Waals surface area (Å²) in [6.07, 6.45) is 2.30. The minimum atomic E-state index is -0.440. The van der Waals surface area contributed by atoms with Crippen LogP contribution in [0.15, 0.2) is 38.2 Å². The third-order valence-electron chi connectivity index (χ3n) is 5.74. The zero-order valence-electron chi connectivity index (χ0n) is 17.5. The Balaban J connectivity index is 1.49. The van der Waals surface area contributed by atoms with Crippen molar-refractivity contribution in [3.63, 3.8) is 0 Å². The summed E-state index contributed by atoms with van der Waals surface area (Å²) in [7, 11) is 1.65. The van der Waals surface area contributed by atoms with Crippen molar-refractivity contribution in [3.05, 3.63) is 45.1 Å². The number of aromatic amines is 1. The third kappa shape index (κ3) is 3.78. The fourth-order valence-corrected chi connectivity index (χ4v) is 6.25. The molecular weight excluding hydrogens is 432 g/mol. The van der Waals surface area contributed by atoms with Crippen molar-refractivity contribution in [2.45, 2.75) is 30.6 Å². The Hall–Kier alpha value is -2.59. The molecule has 162 valence electrons. The molecule has 5 rings (SSSR count). The summed E-state index contributed by atoms with van der Waals surface area (Å²) in [6, 6.07) is 8.12. The standard InChI is InChI=1S/C21H24N6O2S2/c1-13-6-5-9-26(12-13)19-23-17-16(18(28)24-20(29)25(17)2)27(19)10-11-30-21-22-14-7-3-4-8-15(14)31-21/h3-4,7-8,13H,5-6,9-12H2,1-2H3,(H,24,28,29)/t13-/m0/s1. The fourth-order valence-electron chi connectivity index (χ4n) is 4.18. The number of nitrogens with one attached hydrogen (secondary N) is 1. The van der Waals surface area contributed by atoms with Gasteiger partial charge in [-0.25, -0.2) is 9.78 Å². The van der Waals surface area contributed by atoms with Gasteiger partial charge in [0.15, 0.2) is 15.5 Å². The number of para-hydroxylation sites is 1. The number of fused-ring (bicyclic) bond motifs is 2. The second kappa shape index (κ2) is 8.16. The first-order valence-electron chi connectivity index (χ1n) is 10.4. The number of rotatable bonds is 5. The molecule has 4 heterocycles. The van der Waals surface area contributed by atoms with Crippen LogP contribution in [0.4, 0.5) is 5.95 Å². The predicted octanol–water partition coefficient (Wildman–Crippen LogP) is 3.06. The SMILES string of the molecule is C[C@H]1CCCN(c2nc3c(c(=O)[nH]c(=O)n3C)n2CCSc2nc3ccccc3s2)C1. The Morgan fingerprint density at radius 2 is 2.10 bits per heavy atom. The maximum absolute atomic E-state index is 12.7. The highest BCUT2D eigenvalue weighted by Gasteiger charge is 2.25. The van der Waals surface area contributed by atoms with Crippen molar-refractivity contribution in [3.8, 4) is 0 Å². The Morgan fingerprint density at radius 1 is 1.26 bits per heavy atom. The van der Waals surface area contributed by atoms with Gasteiger partial charge in [0.1, 0.15) is 0 Å². The number of hydrogen-bond acceptors (Lipinski definition) is 7. The van der Waals surface area contributed by atoms with E-state index >= 15 is 0 Å². The van der Waals surface area contributed by atoms with Gasteiger partial charge in [0, 0.05) is 32.4 Å². The first-order chi connectivity index (χ1) is 15.0. The molecule has 1 saturated heterocycles. The predicted molar refractivity (Wildman–Crippen MR) is 127 cm³/mol. The molecule has 0 saturated carbocycles. The quantitative estimate of drug-likeness (QED) is 0.465. The van der Waals surface area contributed by atoms with Crippen LogP contribution in [0, 0.1) is 5.92 Å².